The summed E-state index contributed by atoms with van der Waals surface area (Å²) < 4.78 is 11.2. The van der Waals surface area contributed by atoms with Crippen LogP contribution in [0.15, 0.2) is 36.2 Å². The molecule has 1 rings (SSSR count). The summed E-state index contributed by atoms with van der Waals surface area (Å²) >= 11 is 0. The predicted octanol–water partition coefficient (Wildman–Crippen LogP) is 5.83. The molecular weight excluding hydrogens is 361 g/mol. The molecule has 0 bridgehead atoms. The summed E-state index contributed by atoms with van der Waals surface area (Å²) in [5.41, 5.74) is 2.60. The third-order valence-corrected chi connectivity index (χ3v) is 76.2. The van der Waals surface area contributed by atoms with Gasteiger partial charge >= 0.3 is 0 Å². The molecule has 0 N–H and O–H groups in total. The molecule has 0 heterocycles. The van der Waals surface area contributed by atoms with E-state index in [2.05, 4.69) is 64.6 Å². The molecule has 2 nitrogen and oxygen atoms in total. The summed E-state index contributed by atoms with van der Waals surface area (Å²) in [6.45, 7) is 21.8. The Morgan fingerprint density at radius 1 is 0.667 bits per heavy atom. The van der Waals surface area contributed by atoms with E-state index in [1.165, 1.54) is 0 Å². The van der Waals surface area contributed by atoms with Gasteiger partial charge in [0.2, 0.25) is 0 Å². The Morgan fingerprint density at radius 3 is 1.38 bits per heavy atom. The van der Waals surface area contributed by atoms with Crippen LogP contribution in [0.4, 0.5) is 0 Å². The van der Waals surface area contributed by atoms with Crippen LogP contribution in [0.1, 0.15) is 0 Å². The monoisotopic (exact) mass is 396 g/mol. The second-order valence-electron chi connectivity index (χ2n) is 9.65. The SMILES string of the molecule is COc1ccc(OC=C[Si]([Si](C)(C)C)([Si](C)(C)C)[Si](C)(C)C)cc1. The first-order valence-electron chi connectivity index (χ1n) is 8.75. The van der Waals surface area contributed by atoms with E-state index in [-0.39, 0.29) is 0 Å². The summed E-state index contributed by atoms with van der Waals surface area (Å²) in [5.74, 6) is 1.75. The highest BCUT2D eigenvalue weighted by atomic mass is 29.9. The Balaban J connectivity index is 3.21. The highest BCUT2D eigenvalue weighted by Crippen LogP contribution is 2.38. The van der Waals surface area contributed by atoms with Crippen molar-refractivity contribution in [2.75, 3.05) is 7.11 Å². The first-order chi connectivity index (χ1) is 10.8. The molecule has 6 heteroatoms. The molecule has 24 heavy (non-hydrogen) atoms. The normalized spacial score (nSPS) is 14.1. The molecule has 0 unspecified atom stereocenters. The Bertz CT molecular complexity index is 525. The topological polar surface area (TPSA) is 18.5 Å². The molecule has 0 atom stereocenters. The Labute approximate surface area is 152 Å². The number of ether oxygens (including phenoxy) is 2. The molecule has 0 saturated heterocycles. The van der Waals surface area contributed by atoms with Crippen molar-refractivity contribution in [2.45, 2.75) is 58.9 Å². The molecule has 0 aliphatic rings. The maximum Gasteiger partial charge on any atom is 0.126 e. The zero-order valence-electron chi connectivity index (χ0n) is 17.3. The van der Waals surface area contributed by atoms with Crippen LogP contribution < -0.4 is 9.47 Å². The lowest BCUT2D eigenvalue weighted by atomic mass is 10.3. The molecule has 136 valence electrons. The molecule has 0 spiro atoms. The highest BCUT2D eigenvalue weighted by molar-refractivity contribution is 7.90. The lowest BCUT2D eigenvalue weighted by molar-refractivity contribution is 0.413. The van der Waals surface area contributed by atoms with Crippen molar-refractivity contribution in [3.63, 3.8) is 0 Å². The molecule has 0 saturated carbocycles. The first-order valence-corrected chi connectivity index (χ1v) is 24.3. The van der Waals surface area contributed by atoms with E-state index in [1.807, 2.05) is 30.5 Å². The standard InChI is InChI=1S/C18H36O2Si4/c1-19-17-11-13-18(14-12-17)20-15-16-24(21(2,3)4,22(5,6)7)23(8,9)10/h11-16H,1-10H3. The van der Waals surface area contributed by atoms with Gasteiger partial charge in [0.25, 0.3) is 0 Å². The van der Waals surface area contributed by atoms with Crippen molar-refractivity contribution in [1.29, 1.82) is 0 Å². The van der Waals surface area contributed by atoms with Crippen LogP contribution in [0.2, 0.25) is 58.9 Å². The van der Waals surface area contributed by atoms with Gasteiger partial charge in [0.1, 0.15) is 11.5 Å². The molecule has 0 amide bonds. The van der Waals surface area contributed by atoms with Crippen molar-refractivity contribution in [1.82, 2.24) is 0 Å². The molecule has 0 fully saturated rings. The average Bonchev–Trinajstić information content (AvgIpc) is 2.39. The highest BCUT2D eigenvalue weighted by Gasteiger charge is 2.60. The van der Waals surface area contributed by atoms with Gasteiger partial charge in [-0.15, -0.1) is 0 Å². The maximum absolute atomic E-state index is 6.01. The first kappa shape index (κ1) is 21.5. The molecule has 1 aromatic carbocycles. The molecular formula is C18H36O2Si4. The van der Waals surface area contributed by atoms with Gasteiger partial charge < -0.3 is 9.47 Å². The van der Waals surface area contributed by atoms with Crippen molar-refractivity contribution >= 4 is 29.4 Å². The van der Waals surface area contributed by atoms with Gasteiger partial charge in [-0.25, -0.2) is 0 Å². The minimum atomic E-state index is -1.49. The molecule has 0 aliphatic carbocycles. The van der Waals surface area contributed by atoms with Gasteiger partial charge in [-0.3, -0.25) is 0 Å². The summed E-state index contributed by atoms with van der Waals surface area (Å²) in [5, 5.41) is 0. The number of methoxy groups -OCH3 is 1. The maximum atomic E-state index is 6.01. The Kier molecular flexibility index (Phi) is 6.58. The van der Waals surface area contributed by atoms with Crippen molar-refractivity contribution in [3.05, 3.63) is 36.2 Å². The van der Waals surface area contributed by atoms with Gasteiger partial charge in [0.15, 0.2) is 0 Å². The van der Waals surface area contributed by atoms with Crippen LogP contribution in [0, 0.1) is 0 Å². The fourth-order valence-corrected chi connectivity index (χ4v) is 99.6. The van der Waals surface area contributed by atoms with E-state index in [9.17, 15) is 0 Å². The van der Waals surface area contributed by atoms with Gasteiger partial charge in [0.05, 0.1) is 20.0 Å². The zero-order chi connectivity index (χ0) is 18.8. The van der Waals surface area contributed by atoms with Crippen LogP contribution in [-0.4, -0.2) is 36.5 Å². The third kappa shape index (κ3) is 4.33. The predicted molar refractivity (Wildman–Crippen MR) is 119 cm³/mol. The van der Waals surface area contributed by atoms with Crippen molar-refractivity contribution < 1.29 is 9.47 Å². The fraction of sp³-hybridized carbons (Fsp3) is 0.556. The summed E-state index contributed by atoms with van der Waals surface area (Å²) in [6, 6.07) is 7.85. The van der Waals surface area contributed by atoms with E-state index in [0.29, 0.717) is 0 Å². The van der Waals surface area contributed by atoms with E-state index < -0.39 is 29.4 Å². The van der Waals surface area contributed by atoms with Gasteiger partial charge in [-0.1, -0.05) is 64.6 Å². The van der Waals surface area contributed by atoms with Crippen LogP contribution >= 0.6 is 0 Å². The zero-order valence-corrected chi connectivity index (χ0v) is 21.3. The number of hydrogen-bond donors (Lipinski definition) is 0. The summed E-state index contributed by atoms with van der Waals surface area (Å²) in [4.78, 5) is 0. The lowest BCUT2D eigenvalue weighted by Gasteiger charge is -2.55. The van der Waals surface area contributed by atoms with E-state index >= 15 is 0 Å². The number of rotatable bonds is 7. The lowest BCUT2D eigenvalue weighted by Crippen LogP contribution is -2.81. The van der Waals surface area contributed by atoms with Gasteiger partial charge in [-0.05, 0) is 24.3 Å². The van der Waals surface area contributed by atoms with Crippen molar-refractivity contribution in [2.24, 2.45) is 0 Å². The fourth-order valence-electron chi connectivity index (χ4n) is 4.99. The quantitative estimate of drug-likeness (QED) is 0.426. The second-order valence-corrected chi connectivity index (χ2v) is 50.2. The van der Waals surface area contributed by atoms with Gasteiger partial charge in [-0.2, -0.15) is 0 Å². The van der Waals surface area contributed by atoms with Crippen molar-refractivity contribution in [3.8, 4) is 11.5 Å². The Morgan fingerprint density at radius 2 is 1.04 bits per heavy atom. The largest absolute Gasteiger partial charge is 0.497 e. The van der Waals surface area contributed by atoms with E-state index in [1.54, 1.807) is 7.11 Å². The van der Waals surface area contributed by atoms with Crippen LogP contribution in [0.25, 0.3) is 0 Å². The van der Waals surface area contributed by atoms with Gasteiger partial charge in [0, 0.05) is 22.8 Å². The Hall–Kier alpha value is -0.572. The molecule has 1 aromatic rings. The second kappa shape index (κ2) is 7.35. The van der Waals surface area contributed by atoms with Crippen LogP contribution in [0.3, 0.4) is 0 Å². The minimum Gasteiger partial charge on any atom is -0.497 e. The number of hydrogen-bond acceptors (Lipinski definition) is 2. The van der Waals surface area contributed by atoms with Crippen LogP contribution in [-0.2, 0) is 0 Å². The molecule has 0 radical (unpaired) electrons. The summed E-state index contributed by atoms with van der Waals surface area (Å²) in [6.07, 6.45) is 2.03. The summed E-state index contributed by atoms with van der Waals surface area (Å²) in [7, 11) is -2.17. The van der Waals surface area contributed by atoms with E-state index in [4.69, 9.17) is 9.47 Å². The molecule has 0 aromatic heterocycles. The molecule has 0 aliphatic heterocycles. The minimum absolute atomic E-state index is 0.862. The van der Waals surface area contributed by atoms with E-state index in [0.717, 1.165) is 11.5 Å². The number of benzene rings is 1. The third-order valence-electron chi connectivity index (χ3n) is 5.13. The smallest absolute Gasteiger partial charge is 0.126 e. The average molecular weight is 397 g/mol. The van der Waals surface area contributed by atoms with Crippen LogP contribution in [0.5, 0.6) is 11.5 Å².